The summed E-state index contributed by atoms with van der Waals surface area (Å²) in [4.78, 5) is 21.5. The number of carbonyl (C=O) groups is 1. The monoisotopic (exact) mass is 379 g/mol. The van der Waals surface area contributed by atoms with Crippen molar-refractivity contribution in [3.63, 3.8) is 0 Å². The Balaban J connectivity index is 1.32. The van der Waals surface area contributed by atoms with E-state index in [1.54, 1.807) is 6.07 Å². The Bertz CT molecular complexity index is 816. The van der Waals surface area contributed by atoms with Crippen molar-refractivity contribution < 1.29 is 9.53 Å². The Hall–Kier alpha value is -2.24. The number of pyridine rings is 1. The largest absolute Gasteiger partial charge is 0.373 e. The molecule has 5 heteroatoms. The number of nitrogens with zero attached hydrogens (tertiary/aromatic N) is 3. The molecule has 1 spiro atoms. The first kappa shape index (κ1) is 19.1. The second-order valence-electron chi connectivity index (χ2n) is 8.21. The van der Waals surface area contributed by atoms with E-state index in [-0.39, 0.29) is 11.5 Å². The van der Waals surface area contributed by atoms with Gasteiger partial charge in [0.1, 0.15) is 5.69 Å². The van der Waals surface area contributed by atoms with E-state index >= 15 is 0 Å². The van der Waals surface area contributed by atoms with Gasteiger partial charge in [-0.2, -0.15) is 0 Å². The molecule has 4 rings (SSSR count). The van der Waals surface area contributed by atoms with Crippen LogP contribution in [0.15, 0.2) is 48.5 Å². The number of hydrogen-bond acceptors (Lipinski definition) is 4. The van der Waals surface area contributed by atoms with Crippen molar-refractivity contribution in [3.8, 4) is 0 Å². The average molecular weight is 380 g/mol. The molecular weight excluding hydrogens is 350 g/mol. The molecule has 0 radical (unpaired) electrons. The summed E-state index contributed by atoms with van der Waals surface area (Å²) in [6, 6.07) is 16.6. The summed E-state index contributed by atoms with van der Waals surface area (Å²) in [6.45, 7) is 5.11. The van der Waals surface area contributed by atoms with E-state index in [1.165, 1.54) is 5.56 Å². The molecule has 2 saturated heterocycles. The maximum Gasteiger partial charge on any atom is 0.272 e. The number of carbonyl (C=O) groups excluding carboxylic acids is 1. The van der Waals surface area contributed by atoms with E-state index in [2.05, 4.69) is 47.3 Å². The lowest BCUT2D eigenvalue weighted by molar-refractivity contribution is -0.0394. The fourth-order valence-corrected chi connectivity index (χ4v) is 4.39. The quantitative estimate of drug-likeness (QED) is 0.818. The van der Waals surface area contributed by atoms with Crippen molar-refractivity contribution in [2.75, 3.05) is 26.7 Å². The fourth-order valence-electron chi connectivity index (χ4n) is 4.39. The van der Waals surface area contributed by atoms with Gasteiger partial charge in [0.05, 0.1) is 12.2 Å². The van der Waals surface area contributed by atoms with Crippen LogP contribution in [0, 0.1) is 6.92 Å². The van der Waals surface area contributed by atoms with Crippen molar-refractivity contribution in [1.29, 1.82) is 0 Å². The Morgan fingerprint density at radius 2 is 1.93 bits per heavy atom. The zero-order valence-electron chi connectivity index (χ0n) is 16.8. The molecule has 3 heterocycles. The van der Waals surface area contributed by atoms with Gasteiger partial charge >= 0.3 is 0 Å². The van der Waals surface area contributed by atoms with Gasteiger partial charge in [-0.15, -0.1) is 0 Å². The molecule has 0 saturated carbocycles. The molecular formula is C23H29N3O2. The molecule has 0 N–H and O–H groups in total. The summed E-state index contributed by atoms with van der Waals surface area (Å²) in [5.41, 5.74) is 2.68. The van der Waals surface area contributed by atoms with Crippen LogP contribution in [0.5, 0.6) is 0 Å². The van der Waals surface area contributed by atoms with Crippen molar-refractivity contribution in [1.82, 2.24) is 14.8 Å². The van der Waals surface area contributed by atoms with Crippen molar-refractivity contribution in [2.45, 2.75) is 44.4 Å². The lowest BCUT2D eigenvalue weighted by atomic mass is 9.87. The van der Waals surface area contributed by atoms with Crippen LogP contribution in [0.25, 0.3) is 0 Å². The van der Waals surface area contributed by atoms with E-state index in [1.807, 2.05) is 24.0 Å². The van der Waals surface area contributed by atoms with Crippen LogP contribution in [0.1, 0.15) is 41.0 Å². The van der Waals surface area contributed by atoms with Crippen molar-refractivity contribution in [2.24, 2.45) is 0 Å². The Kier molecular flexibility index (Phi) is 5.47. The van der Waals surface area contributed by atoms with Crippen LogP contribution < -0.4 is 0 Å². The van der Waals surface area contributed by atoms with Crippen LogP contribution in [-0.2, 0) is 11.3 Å². The first-order valence-corrected chi connectivity index (χ1v) is 10.2. The molecule has 2 aliphatic rings. The lowest BCUT2D eigenvalue weighted by Gasteiger charge is -2.38. The average Bonchev–Trinajstić information content (AvgIpc) is 3.13. The fraction of sp³-hybridized carbons (Fsp3) is 0.478. The minimum atomic E-state index is -0.0770. The highest BCUT2D eigenvalue weighted by Gasteiger charge is 2.44. The number of rotatable bonds is 4. The second kappa shape index (κ2) is 8.02. The highest BCUT2D eigenvalue weighted by molar-refractivity contribution is 5.92. The number of piperidine rings is 1. The van der Waals surface area contributed by atoms with Gasteiger partial charge in [0, 0.05) is 31.4 Å². The number of amides is 1. The van der Waals surface area contributed by atoms with Gasteiger partial charge in [-0.1, -0.05) is 36.4 Å². The predicted molar refractivity (Wildman–Crippen MR) is 109 cm³/mol. The summed E-state index contributed by atoms with van der Waals surface area (Å²) in [5.74, 6) is 0.0364. The minimum Gasteiger partial charge on any atom is -0.373 e. The van der Waals surface area contributed by atoms with Crippen molar-refractivity contribution >= 4 is 5.91 Å². The van der Waals surface area contributed by atoms with Crippen molar-refractivity contribution in [3.05, 3.63) is 65.5 Å². The highest BCUT2D eigenvalue weighted by atomic mass is 16.5. The molecule has 0 bridgehead atoms. The number of likely N-dealkylation sites (tertiary alicyclic amines) is 1. The summed E-state index contributed by atoms with van der Waals surface area (Å²) >= 11 is 0. The summed E-state index contributed by atoms with van der Waals surface area (Å²) in [6.07, 6.45) is 2.85. The summed E-state index contributed by atoms with van der Waals surface area (Å²) < 4.78 is 6.31. The highest BCUT2D eigenvalue weighted by Crippen LogP contribution is 2.38. The van der Waals surface area contributed by atoms with E-state index in [0.717, 1.165) is 51.2 Å². The molecule has 1 amide bonds. The van der Waals surface area contributed by atoms with Crippen LogP contribution in [0.3, 0.4) is 0 Å². The molecule has 28 heavy (non-hydrogen) atoms. The SMILES string of the molecule is Cc1cccc(C(=O)N2CCC3(CC2)C[C@H](N(C)Cc2ccccc2)CO3)n1. The molecule has 1 atom stereocenters. The third kappa shape index (κ3) is 4.10. The van der Waals surface area contributed by atoms with Gasteiger partial charge in [-0.25, -0.2) is 4.98 Å². The van der Waals surface area contributed by atoms with Gasteiger partial charge < -0.3 is 9.64 Å². The molecule has 2 fully saturated rings. The van der Waals surface area contributed by atoms with Crippen LogP contribution in [-0.4, -0.2) is 59.1 Å². The number of hydrogen-bond donors (Lipinski definition) is 0. The Morgan fingerprint density at radius 3 is 2.64 bits per heavy atom. The van der Waals surface area contributed by atoms with Gasteiger partial charge in [0.2, 0.25) is 0 Å². The molecule has 0 unspecified atom stereocenters. The number of benzene rings is 1. The summed E-state index contributed by atoms with van der Waals surface area (Å²) in [7, 11) is 2.18. The molecule has 2 aliphatic heterocycles. The summed E-state index contributed by atoms with van der Waals surface area (Å²) in [5, 5.41) is 0. The second-order valence-corrected chi connectivity index (χ2v) is 8.21. The standard InChI is InChI=1S/C23H29N3O2/c1-18-7-6-10-21(24-18)22(27)26-13-11-23(12-14-26)15-20(17-28-23)25(2)16-19-8-4-3-5-9-19/h3-10,20H,11-17H2,1-2H3/t20-/m0/s1. The van der Waals surface area contributed by atoms with E-state index < -0.39 is 0 Å². The third-order valence-corrected chi connectivity index (χ3v) is 6.16. The molecule has 5 nitrogen and oxygen atoms in total. The molecule has 1 aromatic heterocycles. The molecule has 148 valence electrons. The molecule has 2 aromatic rings. The molecule has 0 aliphatic carbocycles. The maximum atomic E-state index is 12.7. The Labute approximate surface area is 167 Å². The van der Waals surface area contributed by atoms with E-state index in [4.69, 9.17) is 4.74 Å². The topological polar surface area (TPSA) is 45.7 Å². The maximum absolute atomic E-state index is 12.7. The zero-order valence-corrected chi connectivity index (χ0v) is 16.8. The third-order valence-electron chi connectivity index (χ3n) is 6.16. The van der Waals surface area contributed by atoms with E-state index in [9.17, 15) is 4.79 Å². The first-order valence-electron chi connectivity index (χ1n) is 10.2. The van der Waals surface area contributed by atoms with Gasteiger partial charge in [-0.3, -0.25) is 9.69 Å². The molecule has 1 aromatic carbocycles. The normalized spacial score (nSPS) is 21.4. The number of aromatic nitrogens is 1. The van der Waals surface area contributed by atoms with Gasteiger partial charge in [-0.05, 0) is 50.9 Å². The number of ether oxygens (including phenoxy) is 1. The first-order chi connectivity index (χ1) is 13.5. The van der Waals surface area contributed by atoms with Gasteiger partial charge in [0.15, 0.2) is 0 Å². The van der Waals surface area contributed by atoms with Gasteiger partial charge in [0.25, 0.3) is 5.91 Å². The lowest BCUT2D eigenvalue weighted by Crippen LogP contribution is -2.47. The number of likely N-dealkylation sites (N-methyl/N-ethyl adjacent to an activating group) is 1. The Morgan fingerprint density at radius 1 is 1.18 bits per heavy atom. The van der Waals surface area contributed by atoms with Crippen LogP contribution >= 0.6 is 0 Å². The minimum absolute atomic E-state index is 0.0364. The zero-order chi connectivity index (χ0) is 19.6. The van der Waals surface area contributed by atoms with E-state index in [0.29, 0.717) is 11.7 Å². The van der Waals surface area contributed by atoms with Crippen LogP contribution in [0.4, 0.5) is 0 Å². The van der Waals surface area contributed by atoms with Crippen LogP contribution in [0.2, 0.25) is 0 Å². The predicted octanol–water partition coefficient (Wildman–Crippen LogP) is 3.29. The number of aryl methyl sites for hydroxylation is 1. The smallest absolute Gasteiger partial charge is 0.272 e.